The second-order valence-electron chi connectivity index (χ2n) is 5.73. The number of nitrogens with zero attached hydrogens (tertiary/aromatic N) is 3. The number of thiazole rings is 1. The Labute approximate surface area is 143 Å². The number of morpholine rings is 1. The molecule has 3 heterocycles. The normalized spacial score (nSPS) is 15.7. The maximum absolute atomic E-state index is 12.4. The monoisotopic (exact) mass is 342 g/mol. The second kappa shape index (κ2) is 6.35. The summed E-state index contributed by atoms with van der Waals surface area (Å²) in [5.41, 5.74) is 5.52. The number of hydrogen-bond donors (Lipinski definition) is 1. The van der Waals surface area contributed by atoms with Gasteiger partial charge < -0.3 is 9.30 Å². The number of ether oxygens (including phenoxy) is 1. The molecule has 6 nitrogen and oxygen atoms in total. The molecule has 1 aliphatic rings. The zero-order valence-electron chi connectivity index (χ0n) is 13.4. The predicted octanol–water partition coefficient (Wildman–Crippen LogP) is 2.28. The molecule has 0 radical (unpaired) electrons. The molecule has 7 heteroatoms. The van der Waals surface area contributed by atoms with Gasteiger partial charge in [0.1, 0.15) is 10.7 Å². The number of rotatable bonds is 3. The molecule has 3 aromatic rings. The van der Waals surface area contributed by atoms with Crippen LogP contribution in [0.2, 0.25) is 0 Å². The molecule has 4 rings (SSSR count). The van der Waals surface area contributed by atoms with E-state index in [1.165, 1.54) is 16.7 Å². The largest absolute Gasteiger partial charge is 0.379 e. The molecule has 0 saturated carbocycles. The number of aromatic nitrogens is 2. The predicted molar refractivity (Wildman–Crippen MR) is 93.9 cm³/mol. The Bertz CT molecular complexity index is 880. The highest BCUT2D eigenvalue weighted by atomic mass is 32.1. The van der Waals surface area contributed by atoms with Gasteiger partial charge >= 0.3 is 0 Å². The first-order valence-corrected chi connectivity index (χ1v) is 8.74. The molecule has 0 spiro atoms. The highest BCUT2D eigenvalue weighted by Gasteiger charge is 2.18. The van der Waals surface area contributed by atoms with Crippen molar-refractivity contribution in [1.82, 2.24) is 20.0 Å². The van der Waals surface area contributed by atoms with Crippen LogP contribution >= 0.6 is 11.3 Å². The van der Waals surface area contributed by atoms with Crippen LogP contribution in [0, 0.1) is 0 Å². The Balaban J connectivity index is 1.57. The van der Waals surface area contributed by atoms with Gasteiger partial charge in [-0.25, -0.2) is 9.99 Å². The van der Waals surface area contributed by atoms with Gasteiger partial charge in [0, 0.05) is 36.4 Å². The number of carbonyl (C=O) groups is 1. The molecule has 1 amide bonds. The van der Waals surface area contributed by atoms with Gasteiger partial charge in [0.15, 0.2) is 0 Å². The minimum Gasteiger partial charge on any atom is -0.379 e. The Morgan fingerprint density at radius 1 is 1.29 bits per heavy atom. The van der Waals surface area contributed by atoms with Gasteiger partial charge in [-0.1, -0.05) is 18.2 Å². The average molecular weight is 342 g/mol. The van der Waals surface area contributed by atoms with Crippen LogP contribution in [-0.4, -0.2) is 46.8 Å². The number of aryl methyl sites for hydroxylation is 1. The third kappa shape index (κ3) is 2.82. The summed E-state index contributed by atoms with van der Waals surface area (Å²) in [7, 11) is 2.02. The Kier molecular flexibility index (Phi) is 4.05. The third-order valence-electron chi connectivity index (χ3n) is 4.18. The molecule has 24 heavy (non-hydrogen) atoms. The van der Waals surface area contributed by atoms with Crippen LogP contribution in [0.15, 0.2) is 35.7 Å². The summed E-state index contributed by atoms with van der Waals surface area (Å²) in [6.45, 7) is 2.68. The number of hydrazine groups is 1. The van der Waals surface area contributed by atoms with Crippen molar-refractivity contribution in [3.63, 3.8) is 0 Å². The maximum atomic E-state index is 12.4. The van der Waals surface area contributed by atoms with Gasteiger partial charge in [-0.3, -0.25) is 10.2 Å². The zero-order chi connectivity index (χ0) is 16.5. The number of carbonyl (C=O) groups excluding carboxylic acids is 1. The lowest BCUT2D eigenvalue weighted by Crippen LogP contribution is -2.48. The molecule has 2 aromatic heterocycles. The summed E-state index contributed by atoms with van der Waals surface area (Å²) < 4.78 is 7.39. The van der Waals surface area contributed by atoms with Crippen molar-refractivity contribution in [3.05, 3.63) is 41.4 Å². The van der Waals surface area contributed by atoms with E-state index in [0.29, 0.717) is 32.0 Å². The maximum Gasteiger partial charge on any atom is 0.285 e. The quantitative estimate of drug-likeness (QED) is 0.793. The first-order chi connectivity index (χ1) is 11.7. The Morgan fingerprint density at radius 2 is 2.08 bits per heavy atom. The Morgan fingerprint density at radius 3 is 2.88 bits per heavy atom. The van der Waals surface area contributed by atoms with Crippen molar-refractivity contribution in [1.29, 1.82) is 0 Å². The smallest absolute Gasteiger partial charge is 0.285 e. The summed E-state index contributed by atoms with van der Waals surface area (Å²) in [4.78, 5) is 16.9. The number of nitrogens with one attached hydrogen (secondary N) is 1. The molecule has 0 atom stereocenters. The van der Waals surface area contributed by atoms with Gasteiger partial charge in [-0.2, -0.15) is 0 Å². The SMILES string of the molecule is Cn1c(-c2nc(C(=O)NN3CCOCC3)cs2)cc2ccccc21. The van der Waals surface area contributed by atoms with Crippen LogP contribution < -0.4 is 5.43 Å². The van der Waals surface area contributed by atoms with E-state index in [9.17, 15) is 4.79 Å². The van der Waals surface area contributed by atoms with Crippen molar-refractivity contribution in [2.24, 2.45) is 7.05 Å². The molecule has 1 fully saturated rings. The van der Waals surface area contributed by atoms with Crippen LogP contribution in [0.4, 0.5) is 0 Å². The Hall–Kier alpha value is -2.22. The van der Waals surface area contributed by atoms with E-state index in [2.05, 4.69) is 33.2 Å². The fraction of sp³-hybridized carbons (Fsp3) is 0.294. The van der Waals surface area contributed by atoms with Crippen LogP contribution in [0.25, 0.3) is 21.6 Å². The fourth-order valence-electron chi connectivity index (χ4n) is 2.87. The van der Waals surface area contributed by atoms with Crippen molar-refractivity contribution in [3.8, 4) is 10.7 Å². The van der Waals surface area contributed by atoms with Crippen molar-refractivity contribution >= 4 is 28.1 Å². The minimum absolute atomic E-state index is 0.168. The van der Waals surface area contributed by atoms with E-state index in [1.54, 1.807) is 0 Å². The summed E-state index contributed by atoms with van der Waals surface area (Å²) in [5, 5.41) is 5.70. The highest BCUT2D eigenvalue weighted by molar-refractivity contribution is 7.13. The van der Waals surface area contributed by atoms with Crippen LogP contribution in [-0.2, 0) is 11.8 Å². The topological polar surface area (TPSA) is 59.4 Å². The lowest BCUT2D eigenvalue weighted by molar-refractivity contribution is 0.0125. The van der Waals surface area contributed by atoms with E-state index in [1.807, 2.05) is 29.6 Å². The molecule has 124 valence electrons. The third-order valence-corrected chi connectivity index (χ3v) is 5.04. The fourth-order valence-corrected chi connectivity index (χ4v) is 3.72. The van der Waals surface area contributed by atoms with E-state index in [-0.39, 0.29) is 5.91 Å². The van der Waals surface area contributed by atoms with E-state index >= 15 is 0 Å². The number of fused-ring (bicyclic) bond motifs is 1. The summed E-state index contributed by atoms with van der Waals surface area (Å²) in [6, 6.07) is 10.3. The minimum atomic E-state index is -0.168. The summed E-state index contributed by atoms with van der Waals surface area (Å²) >= 11 is 1.49. The molecule has 1 aromatic carbocycles. The molecular formula is C17H18N4O2S. The average Bonchev–Trinajstić information content (AvgIpc) is 3.21. The number of amides is 1. The number of para-hydroxylation sites is 1. The molecule has 0 unspecified atom stereocenters. The molecule has 0 aliphatic carbocycles. The van der Waals surface area contributed by atoms with Crippen LogP contribution in [0.5, 0.6) is 0 Å². The molecule has 0 bridgehead atoms. The first-order valence-electron chi connectivity index (χ1n) is 7.86. The van der Waals surface area contributed by atoms with E-state index in [0.717, 1.165) is 16.2 Å². The van der Waals surface area contributed by atoms with Gasteiger partial charge in [0.05, 0.1) is 18.9 Å². The molecule has 1 saturated heterocycles. The molecule has 1 aliphatic heterocycles. The van der Waals surface area contributed by atoms with Crippen molar-refractivity contribution < 1.29 is 9.53 Å². The van der Waals surface area contributed by atoms with Gasteiger partial charge in [0.2, 0.25) is 0 Å². The molecule has 1 N–H and O–H groups in total. The number of hydrogen-bond acceptors (Lipinski definition) is 5. The summed E-state index contributed by atoms with van der Waals surface area (Å²) in [6.07, 6.45) is 0. The van der Waals surface area contributed by atoms with Crippen molar-refractivity contribution in [2.75, 3.05) is 26.3 Å². The first kappa shape index (κ1) is 15.3. The zero-order valence-corrected chi connectivity index (χ0v) is 14.2. The van der Waals surface area contributed by atoms with E-state index < -0.39 is 0 Å². The van der Waals surface area contributed by atoms with Gasteiger partial charge in [-0.15, -0.1) is 11.3 Å². The summed E-state index contributed by atoms with van der Waals surface area (Å²) in [5.74, 6) is -0.168. The number of benzene rings is 1. The standard InChI is InChI=1S/C17H18N4O2S/c1-20-14-5-3-2-4-12(14)10-15(20)17-18-13(11-24-17)16(22)19-21-6-8-23-9-7-21/h2-5,10-11H,6-9H2,1H3,(H,19,22). The van der Waals surface area contributed by atoms with Gasteiger partial charge in [-0.05, 0) is 12.1 Å². The van der Waals surface area contributed by atoms with E-state index in [4.69, 9.17) is 4.74 Å². The lowest BCUT2D eigenvalue weighted by Gasteiger charge is -2.26. The van der Waals surface area contributed by atoms with Gasteiger partial charge in [0.25, 0.3) is 5.91 Å². The van der Waals surface area contributed by atoms with Crippen LogP contribution in [0.3, 0.4) is 0 Å². The lowest BCUT2D eigenvalue weighted by atomic mass is 10.2. The van der Waals surface area contributed by atoms with Crippen LogP contribution in [0.1, 0.15) is 10.5 Å². The molecular weight excluding hydrogens is 324 g/mol. The highest BCUT2D eigenvalue weighted by Crippen LogP contribution is 2.29. The van der Waals surface area contributed by atoms with Crippen molar-refractivity contribution in [2.45, 2.75) is 0 Å². The second-order valence-corrected chi connectivity index (χ2v) is 6.58.